The van der Waals surface area contributed by atoms with E-state index in [1.54, 1.807) is 0 Å². The summed E-state index contributed by atoms with van der Waals surface area (Å²) < 4.78 is 11.4. The van der Waals surface area contributed by atoms with Crippen LogP contribution in [0.5, 0.6) is 0 Å². The van der Waals surface area contributed by atoms with E-state index in [4.69, 9.17) is 9.47 Å². The maximum Gasteiger partial charge on any atom is 0.407 e. The Kier molecular flexibility index (Phi) is 9.10. The highest BCUT2D eigenvalue weighted by Gasteiger charge is 2.29. The standard InChI is InChI=1S/C27H38N4O3/c1-22-30(19-17-28-26(32)34-27(2,3)4)21-31(29(5)18-12-20-33-22)25(23-13-8-6-9-14-23)24-15-10-7-11-16-24/h6-16,18,22,25H,17,19-21H2,1-5H3,(H,28,32)/b18-12-. The van der Waals surface area contributed by atoms with Crippen molar-refractivity contribution < 1.29 is 14.3 Å². The Morgan fingerprint density at radius 1 is 1.09 bits per heavy atom. The van der Waals surface area contributed by atoms with Gasteiger partial charge in [-0.25, -0.2) is 4.79 Å². The van der Waals surface area contributed by atoms with Crippen molar-refractivity contribution in [1.29, 1.82) is 0 Å². The van der Waals surface area contributed by atoms with Gasteiger partial charge in [0, 0.05) is 26.3 Å². The minimum absolute atomic E-state index is 0.00339. The van der Waals surface area contributed by atoms with Gasteiger partial charge >= 0.3 is 6.09 Å². The number of carbonyl (C=O) groups excluding carboxylic acids is 1. The third-order valence-electron chi connectivity index (χ3n) is 5.60. The number of hydrazine groups is 1. The number of rotatable bonds is 6. The SMILES string of the molecule is CC1OC/C=C\N(C)N(C(c2ccccc2)c2ccccc2)CN1CCNC(=O)OC(C)(C)C. The number of amides is 1. The van der Waals surface area contributed by atoms with Gasteiger partial charge in [0.05, 0.1) is 19.3 Å². The van der Waals surface area contributed by atoms with Crippen LogP contribution in [0, 0.1) is 0 Å². The summed E-state index contributed by atoms with van der Waals surface area (Å²) in [5.74, 6) is 0. The second-order valence-corrected chi connectivity index (χ2v) is 9.44. The molecule has 0 radical (unpaired) electrons. The highest BCUT2D eigenvalue weighted by Crippen LogP contribution is 2.30. The third-order valence-corrected chi connectivity index (χ3v) is 5.60. The molecule has 2 aromatic rings. The molecule has 3 rings (SSSR count). The van der Waals surface area contributed by atoms with Gasteiger partial charge in [0.2, 0.25) is 0 Å². The third kappa shape index (κ3) is 7.58. The van der Waals surface area contributed by atoms with Crippen molar-refractivity contribution in [1.82, 2.24) is 20.2 Å². The molecule has 7 nitrogen and oxygen atoms in total. The maximum absolute atomic E-state index is 12.1. The second kappa shape index (κ2) is 12.0. The van der Waals surface area contributed by atoms with Crippen LogP contribution in [0.1, 0.15) is 44.9 Å². The molecule has 1 aliphatic rings. The second-order valence-electron chi connectivity index (χ2n) is 9.44. The summed E-state index contributed by atoms with van der Waals surface area (Å²) in [6, 6.07) is 21.0. The van der Waals surface area contributed by atoms with Crippen LogP contribution in [0.3, 0.4) is 0 Å². The molecule has 184 valence electrons. The Bertz CT molecular complexity index is 875. The van der Waals surface area contributed by atoms with E-state index in [0.29, 0.717) is 26.4 Å². The number of carbonyl (C=O) groups is 1. The Balaban J connectivity index is 1.84. The fraction of sp³-hybridized carbons (Fsp3) is 0.444. The zero-order valence-corrected chi connectivity index (χ0v) is 21.0. The first kappa shape index (κ1) is 25.7. The lowest BCUT2D eigenvalue weighted by atomic mass is 9.98. The zero-order chi connectivity index (χ0) is 24.6. The van der Waals surface area contributed by atoms with Crippen LogP contribution >= 0.6 is 0 Å². The lowest BCUT2D eigenvalue weighted by molar-refractivity contribution is -0.0987. The monoisotopic (exact) mass is 466 g/mol. The Hall–Kier alpha value is -2.87. The van der Waals surface area contributed by atoms with Crippen LogP contribution in [-0.2, 0) is 9.47 Å². The van der Waals surface area contributed by atoms with Crippen molar-refractivity contribution in [2.24, 2.45) is 0 Å². The topological polar surface area (TPSA) is 57.3 Å². The fourth-order valence-corrected chi connectivity index (χ4v) is 3.92. The van der Waals surface area contributed by atoms with Crippen LogP contribution in [0.2, 0.25) is 0 Å². The lowest BCUT2D eigenvalue weighted by Crippen LogP contribution is -2.51. The van der Waals surface area contributed by atoms with E-state index in [1.165, 1.54) is 11.1 Å². The predicted molar refractivity (Wildman–Crippen MR) is 135 cm³/mol. The fourth-order valence-electron chi connectivity index (χ4n) is 3.92. The molecule has 0 spiro atoms. The van der Waals surface area contributed by atoms with Crippen LogP contribution < -0.4 is 5.32 Å². The molecule has 0 aliphatic carbocycles. The summed E-state index contributed by atoms with van der Waals surface area (Å²) in [6.45, 7) is 9.80. The molecule has 1 amide bonds. The summed E-state index contributed by atoms with van der Waals surface area (Å²) in [7, 11) is 2.06. The molecular weight excluding hydrogens is 428 g/mol. The van der Waals surface area contributed by atoms with Gasteiger partial charge in [0.1, 0.15) is 11.8 Å². The van der Waals surface area contributed by atoms with Gasteiger partial charge in [0.15, 0.2) is 0 Å². The summed E-state index contributed by atoms with van der Waals surface area (Å²) >= 11 is 0. The number of benzene rings is 2. The minimum atomic E-state index is -0.525. The molecule has 1 heterocycles. The highest BCUT2D eigenvalue weighted by atomic mass is 16.6. The van der Waals surface area contributed by atoms with Gasteiger partial charge in [0.25, 0.3) is 0 Å². The Morgan fingerprint density at radius 2 is 1.68 bits per heavy atom. The average molecular weight is 467 g/mol. The number of ether oxygens (including phenoxy) is 2. The van der Waals surface area contributed by atoms with E-state index in [2.05, 4.69) is 75.8 Å². The van der Waals surface area contributed by atoms with E-state index >= 15 is 0 Å². The largest absolute Gasteiger partial charge is 0.444 e. The van der Waals surface area contributed by atoms with Crippen molar-refractivity contribution in [3.05, 3.63) is 84.1 Å². The van der Waals surface area contributed by atoms with Crippen molar-refractivity contribution in [3.63, 3.8) is 0 Å². The Labute approximate surface area is 203 Å². The first-order chi connectivity index (χ1) is 16.2. The van der Waals surface area contributed by atoms with Crippen LogP contribution in [-0.4, -0.2) is 66.3 Å². The highest BCUT2D eigenvalue weighted by molar-refractivity contribution is 5.67. The average Bonchev–Trinajstić information content (AvgIpc) is 2.86. The van der Waals surface area contributed by atoms with Gasteiger partial charge in [-0.3, -0.25) is 4.90 Å². The summed E-state index contributed by atoms with van der Waals surface area (Å²) in [5.41, 5.74) is 1.88. The molecule has 1 N–H and O–H groups in total. The maximum atomic E-state index is 12.1. The molecular formula is C27H38N4O3. The number of nitrogens with zero attached hydrogens (tertiary/aromatic N) is 3. The van der Waals surface area contributed by atoms with E-state index in [-0.39, 0.29) is 12.3 Å². The van der Waals surface area contributed by atoms with E-state index < -0.39 is 11.7 Å². The summed E-state index contributed by atoms with van der Waals surface area (Å²) in [6.07, 6.45) is 3.53. The summed E-state index contributed by atoms with van der Waals surface area (Å²) in [5, 5.41) is 7.32. The molecule has 1 unspecified atom stereocenters. The van der Waals surface area contributed by atoms with Gasteiger partial charge < -0.3 is 19.8 Å². The molecule has 34 heavy (non-hydrogen) atoms. The summed E-state index contributed by atoms with van der Waals surface area (Å²) in [4.78, 5) is 14.4. The van der Waals surface area contributed by atoms with Crippen molar-refractivity contribution in [3.8, 4) is 0 Å². The minimum Gasteiger partial charge on any atom is -0.444 e. The van der Waals surface area contributed by atoms with E-state index in [0.717, 1.165) is 0 Å². The normalized spacial score (nSPS) is 19.2. The molecule has 2 aromatic carbocycles. The zero-order valence-electron chi connectivity index (χ0n) is 21.0. The number of hydrogen-bond acceptors (Lipinski definition) is 6. The molecule has 1 atom stereocenters. The van der Waals surface area contributed by atoms with Crippen LogP contribution in [0.15, 0.2) is 72.9 Å². The molecule has 7 heteroatoms. The first-order valence-electron chi connectivity index (χ1n) is 11.8. The molecule has 0 fully saturated rings. The molecule has 0 saturated heterocycles. The molecule has 1 aliphatic heterocycles. The number of nitrogens with one attached hydrogen (secondary N) is 1. The predicted octanol–water partition coefficient (Wildman–Crippen LogP) is 4.60. The quantitative estimate of drug-likeness (QED) is 0.672. The van der Waals surface area contributed by atoms with Gasteiger partial charge in [-0.2, -0.15) is 5.01 Å². The van der Waals surface area contributed by atoms with Crippen molar-refractivity contribution in [2.45, 2.75) is 45.6 Å². The number of hydrogen-bond donors (Lipinski definition) is 1. The first-order valence-corrected chi connectivity index (χ1v) is 11.8. The van der Waals surface area contributed by atoms with Gasteiger partial charge in [-0.15, -0.1) is 0 Å². The van der Waals surface area contributed by atoms with Crippen molar-refractivity contribution in [2.75, 3.05) is 33.4 Å². The van der Waals surface area contributed by atoms with Gasteiger partial charge in [-0.1, -0.05) is 60.7 Å². The lowest BCUT2D eigenvalue weighted by Gasteiger charge is -2.42. The Morgan fingerprint density at radius 3 is 2.24 bits per heavy atom. The van der Waals surface area contributed by atoms with Crippen LogP contribution in [0.4, 0.5) is 4.79 Å². The number of alkyl carbamates (subject to hydrolysis) is 1. The van der Waals surface area contributed by atoms with E-state index in [9.17, 15) is 4.79 Å². The van der Waals surface area contributed by atoms with Crippen molar-refractivity contribution >= 4 is 6.09 Å². The molecule has 0 aromatic heterocycles. The van der Waals surface area contributed by atoms with E-state index in [1.807, 2.05) is 52.1 Å². The molecule has 0 bridgehead atoms. The van der Waals surface area contributed by atoms with Gasteiger partial charge in [-0.05, 0) is 44.9 Å². The molecule has 0 saturated carbocycles. The smallest absolute Gasteiger partial charge is 0.407 e. The van der Waals surface area contributed by atoms with Crippen LogP contribution in [0.25, 0.3) is 0 Å².